The maximum absolute atomic E-state index is 12.8. The first kappa shape index (κ1) is 22.6. The first-order valence-corrected chi connectivity index (χ1v) is 9.98. The van der Waals surface area contributed by atoms with Gasteiger partial charge in [-0.1, -0.05) is 24.3 Å². The quantitative estimate of drug-likeness (QED) is 0.322. The molecule has 0 aliphatic carbocycles. The van der Waals surface area contributed by atoms with E-state index in [4.69, 9.17) is 0 Å². The lowest BCUT2D eigenvalue weighted by Gasteiger charge is -2.11. The summed E-state index contributed by atoms with van der Waals surface area (Å²) in [5, 5.41) is 8.12. The fourth-order valence-electron chi connectivity index (χ4n) is 3.29. The van der Waals surface area contributed by atoms with E-state index in [0.29, 0.717) is 22.3 Å². The van der Waals surface area contributed by atoms with Crippen LogP contribution in [0, 0.1) is 0 Å². The molecule has 1 heterocycles. The van der Waals surface area contributed by atoms with Gasteiger partial charge in [-0.25, -0.2) is 4.79 Å². The molecular formula is C24H17F3N4O3. The smallest absolute Gasteiger partial charge is 0.322 e. The van der Waals surface area contributed by atoms with Gasteiger partial charge in [0.2, 0.25) is 5.56 Å². The molecule has 172 valence electrons. The number of carbonyl (C=O) groups is 2. The Balaban J connectivity index is 1.42. The Morgan fingerprint density at radius 3 is 2.09 bits per heavy atom. The molecule has 0 saturated heterocycles. The molecular weight excluding hydrogens is 449 g/mol. The van der Waals surface area contributed by atoms with Gasteiger partial charge >= 0.3 is 12.2 Å². The molecule has 0 aliphatic heterocycles. The van der Waals surface area contributed by atoms with Gasteiger partial charge in [-0.2, -0.15) is 13.2 Å². The van der Waals surface area contributed by atoms with E-state index in [0.717, 1.165) is 12.1 Å². The van der Waals surface area contributed by atoms with Crippen molar-refractivity contribution in [3.8, 4) is 0 Å². The average molecular weight is 466 g/mol. The number of alkyl halides is 3. The van der Waals surface area contributed by atoms with Gasteiger partial charge in [-0.3, -0.25) is 9.59 Å². The van der Waals surface area contributed by atoms with Crippen molar-refractivity contribution in [1.82, 2.24) is 4.98 Å². The van der Waals surface area contributed by atoms with Crippen molar-refractivity contribution in [3.63, 3.8) is 0 Å². The monoisotopic (exact) mass is 466 g/mol. The fraction of sp³-hybridized carbons (Fsp3) is 0.0417. The number of hydrogen-bond donors (Lipinski definition) is 4. The van der Waals surface area contributed by atoms with E-state index in [1.807, 2.05) is 0 Å². The molecule has 4 aromatic rings. The summed E-state index contributed by atoms with van der Waals surface area (Å²) in [4.78, 5) is 39.4. The summed E-state index contributed by atoms with van der Waals surface area (Å²) >= 11 is 0. The molecule has 3 aromatic carbocycles. The molecule has 10 heteroatoms. The first-order chi connectivity index (χ1) is 16.2. The van der Waals surface area contributed by atoms with Gasteiger partial charge in [-0.05, 0) is 48.5 Å². The van der Waals surface area contributed by atoms with E-state index in [-0.39, 0.29) is 11.3 Å². The zero-order valence-electron chi connectivity index (χ0n) is 17.4. The number of hydrogen-bond acceptors (Lipinski definition) is 3. The van der Waals surface area contributed by atoms with E-state index in [2.05, 4.69) is 20.9 Å². The van der Waals surface area contributed by atoms with Crippen LogP contribution in [0.15, 0.2) is 83.7 Å². The first-order valence-electron chi connectivity index (χ1n) is 9.98. The predicted octanol–water partition coefficient (Wildman–Crippen LogP) is 5.44. The third-order valence-electron chi connectivity index (χ3n) is 4.84. The zero-order chi connectivity index (χ0) is 24.3. The summed E-state index contributed by atoms with van der Waals surface area (Å²) in [5.74, 6) is -0.481. The molecule has 0 fully saturated rings. The minimum Gasteiger partial charge on any atom is -0.322 e. The van der Waals surface area contributed by atoms with Gasteiger partial charge in [0.1, 0.15) is 0 Å². The molecule has 0 radical (unpaired) electrons. The number of benzene rings is 3. The Bertz CT molecular complexity index is 1430. The Labute approximate surface area is 190 Å². The Morgan fingerprint density at radius 1 is 0.735 bits per heavy atom. The number of H-pyrrole nitrogens is 1. The number of fused-ring (bicyclic) bond motifs is 1. The van der Waals surface area contributed by atoms with Crippen LogP contribution >= 0.6 is 0 Å². The van der Waals surface area contributed by atoms with Crippen molar-refractivity contribution >= 4 is 39.9 Å². The SMILES string of the molecule is O=C(Nc1ccc(NC(=O)c2cc(=O)[nH]c3ccccc23)cc1)Nc1cccc(C(F)(F)F)c1. The van der Waals surface area contributed by atoms with Gasteiger partial charge in [0.05, 0.1) is 11.1 Å². The normalized spacial score (nSPS) is 11.1. The lowest BCUT2D eigenvalue weighted by Crippen LogP contribution is -2.20. The maximum Gasteiger partial charge on any atom is 0.416 e. The topological polar surface area (TPSA) is 103 Å². The number of carbonyl (C=O) groups excluding carboxylic acids is 2. The van der Waals surface area contributed by atoms with Gasteiger partial charge in [0.25, 0.3) is 5.91 Å². The van der Waals surface area contributed by atoms with Crippen LogP contribution in [0.3, 0.4) is 0 Å². The summed E-state index contributed by atoms with van der Waals surface area (Å²) in [6.45, 7) is 0. The number of para-hydroxylation sites is 1. The van der Waals surface area contributed by atoms with Crippen molar-refractivity contribution in [3.05, 3.63) is 100 Å². The highest BCUT2D eigenvalue weighted by atomic mass is 19.4. The highest BCUT2D eigenvalue weighted by Crippen LogP contribution is 2.30. The van der Waals surface area contributed by atoms with Crippen LogP contribution < -0.4 is 21.5 Å². The van der Waals surface area contributed by atoms with Crippen molar-refractivity contribution < 1.29 is 22.8 Å². The van der Waals surface area contributed by atoms with Crippen LogP contribution in [-0.2, 0) is 6.18 Å². The molecule has 0 unspecified atom stereocenters. The number of urea groups is 1. The summed E-state index contributed by atoms with van der Waals surface area (Å²) in [7, 11) is 0. The lowest BCUT2D eigenvalue weighted by molar-refractivity contribution is -0.137. The highest BCUT2D eigenvalue weighted by Gasteiger charge is 2.30. The van der Waals surface area contributed by atoms with Crippen molar-refractivity contribution in [1.29, 1.82) is 0 Å². The van der Waals surface area contributed by atoms with Crippen LogP contribution in [0.1, 0.15) is 15.9 Å². The molecule has 7 nitrogen and oxygen atoms in total. The van der Waals surface area contributed by atoms with Crippen LogP contribution in [0.25, 0.3) is 10.9 Å². The lowest BCUT2D eigenvalue weighted by atomic mass is 10.1. The molecule has 0 aliphatic rings. The second-order valence-corrected chi connectivity index (χ2v) is 7.28. The third kappa shape index (κ3) is 5.23. The average Bonchev–Trinajstić information content (AvgIpc) is 2.79. The zero-order valence-corrected chi connectivity index (χ0v) is 17.4. The summed E-state index contributed by atoms with van der Waals surface area (Å²) < 4.78 is 38.4. The molecule has 0 spiro atoms. The van der Waals surface area contributed by atoms with Crippen molar-refractivity contribution in [2.24, 2.45) is 0 Å². The highest BCUT2D eigenvalue weighted by molar-refractivity contribution is 6.12. The van der Waals surface area contributed by atoms with Gasteiger partial charge < -0.3 is 20.9 Å². The summed E-state index contributed by atoms with van der Waals surface area (Å²) in [6.07, 6.45) is -4.52. The minimum absolute atomic E-state index is 0.0127. The van der Waals surface area contributed by atoms with Gasteiger partial charge in [0, 0.05) is 34.0 Å². The second kappa shape index (κ2) is 9.10. The standard InChI is InChI=1S/C24H17F3N4O3/c25-24(26,27)14-4-3-5-17(12-14)30-23(34)29-16-10-8-15(9-11-16)28-22(33)19-13-21(32)31-20-7-2-1-6-18(19)20/h1-13H,(H,28,33)(H,31,32)(H2,29,30,34). The summed E-state index contributed by atoms with van der Waals surface area (Å²) in [6, 6.07) is 17.8. The van der Waals surface area contributed by atoms with Crippen molar-refractivity contribution in [2.75, 3.05) is 16.0 Å². The molecule has 3 amide bonds. The number of halogens is 3. The Hall–Kier alpha value is -4.60. The van der Waals surface area contributed by atoms with Crippen LogP contribution in [0.4, 0.5) is 35.0 Å². The molecule has 34 heavy (non-hydrogen) atoms. The number of anilines is 3. The van der Waals surface area contributed by atoms with Crippen LogP contribution in [-0.4, -0.2) is 16.9 Å². The van der Waals surface area contributed by atoms with Crippen molar-refractivity contribution in [2.45, 2.75) is 6.18 Å². The maximum atomic E-state index is 12.8. The molecule has 0 saturated carbocycles. The van der Waals surface area contributed by atoms with E-state index < -0.39 is 29.2 Å². The second-order valence-electron chi connectivity index (χ2n) is 7.28. The predicted molar refractivity (Wildman–Crippen MR) is 123 cm³/mol. The number of amides is 3. The molecule has 0 atom stereocenters. The summed E-state index contributed by atoms with van der Waals surface area (Å²) in [5.41, 5.74) is 0.214. The molecule has 4 N–H and O–H groups in total. The van der Waals surface area contributed by atoms with Crippen LogP contribution in [0.2, 0.25) is 0 Å². The van der Waals surface area contributed by atoms with Gasteiger partial charge in [0.15, 0.2) is 0 Å². The number of aromatic amines is 1. The number of rotatable bonds is 4. The molecule has 1 aromatic heterocycles. The minimum atomic E-state index is -4.52. The number of aromatic nitrogens is 1. The number of nitrogens with one attached hydrogen (secondary N) is 4. The van der Waals surface area contributed by atoms with E-state index in [9.17, 15) is 27.6 Å². The van der Waals surface area contributed by atoms with E-state index >= 15 is 0 Å². The third-order valence-corrected chi connectivity index (χ3v) is 4.84. The Kier molecular flexibility index (Phi) is 6.05. The fourth-order valence-corrected chi connectivity index (χ4v) is 3.29. The molecule has 0 bridgehead atoms. The molecule has 4 rings (SSSR count). The largest absolute Gasteiger partial charge is 0.416 e. The van der Waals surface area contributed by atoms with Crippen LogP contribution in [0.5, 0.6) is 0 Å². The van der Waals surface area contributed by atoms with Gasteiger partial charge in [-0.15, -0.1) is 0 Å². The van der Waals surface area contributed by atoms with E-state index in [1.54, 1.807) is 24.3 Å². The van der Waals surface area contributed by atoms with E-state index in [1.165, 1.54) is 42.5 Å². The number of pyridine rings is 1. The Morgan fingerprint density at radius 2 is 1.38 bits per heavy atom.